The number of likely N-dealkylation sites (tertiary alicyclic amines) is 1. The number of hydrogen-bond acceptors (Lipinski definition) is 2. The Morgan fingerprint density at radius 1 is 1.12 bits per heavy atom. The summed E-state index contributed by atoms with van der Waals surface area (Å²) in [5.74, 6) is 0. The fraction of sp³-hybridized carbons (Fsp3) is 0.462. The molecule has 0 aliphatic carbocycles. The van der Waals surface area contributed by atoms with Crippen molar-refractivity contribution >= 4 is 23.2 Å². The number of hydrogen-bond donors (Lipinski definition) is 0. The smallest absolute Gasteiger partial charge is 0.126 e. The molecule has 4 heteroatoms. The van der Waals surface area contributed by atoms with E-state index in [2.05, 4.69) is 11.0 Å². The van der Waals surface area contributed by atoms with Gasteiger partial charge < -0.3 is 0 Å². The van der Waals surface area contributed by atoms with Crippen LogP contribution in [0.4, 0.5) is 0 Å². The molecule has 0 amide bonds. The summed E-state index contributed by atoms with van der Waals surface area (Å²) in [7, 11) is 0. The van der Waals surface area contributed by atoms with Gasteiger partial charge in [0, 0.05) is 15.6 Å². The van der Waals surface area contributed by atoms with E-state index in [0.29, 0.717) is 10.0 Å². The lowest BCUT2D eigenvalue weighted by Crippen LogP contribution is -2.33. The predicted octanol–water partition coefficient (Wildman–Crippen LogP) is 4.04. The maximum absolute atomic E-state index is 9.37. The monoisotopic (exact) mass is 268 g/mol. The van der Waals surface area contributed by atoms with Gasteiger partial charge in [0.05, 0.1) is 6.07 Å². The van der Waals surface area contributed by atoms with E-state index in [0.717, 1.165) is 31.5 Å². The van der Waals surface area contributed by atoms with Crippen molar-refractivity contribution < 1.29 is 0 Å². The first-order valence-electron chi connectivity index (χ1n) is 5.81. The summed E-state index contributed by atoms with van der Waals surface area (Å²) in [5.41, 5.74) is 0.750. The van der Waals surface area contributed by atoms with E-state index >= 15 is 0 Å². The Hall–Kier alpha value is -0.750. The Morgan fingerprint density at radius 3 is 2.24 bits per heavy atom. The van der Waals surface area contributed by atoms with E-state index in [1.807, 2.05) is 0 Å². The zero-order chi connectivity index (χ0) is 12.3. The SMILES string of the molecule is N#CC(c1c(Cl)cccc1Cl)N1CCCCC1. The van der Waals surface area contributed by atoms with Crippen LogP contribution in [0.25, 0.3) is 0 Å². The molecule has 0 spiro atoms. The highest BCUT2D eigenvalue weighted by Crippen LogP contribution is 2.34. The van der Waals surface area contributed by atoms with Gasteiger partial charge in [0.25, 0.3) is 0 Å². The molecule has 0 bridgehead atoms. The third kappa shape index (κ3) is 2.74. The van der Waals surface area contributed by atoms with Crippen molar-refractivity contribution in [3.63, 3.8) is 0 Å². The van der Waals surface area contributed by atoms with Gasteiger partial charge in [-0.3, -0.25) is 4.90 Å². The zero-order valence-electron chi connectivity index (χ0n) is 9.50. The van der Waals surface area contributed by atoms with Gasteiger partial charge in [0.1, 0.15) is 6.04 Å². The Kier molecular flexibility index (Phi) is 4.28. The molecule has 0 N–H and O–H groups in total. The predicted molar refractivity (Wildman–Crippen MR) is 70.2 cm³/mol. The van der Waals surface area contributed by atoms with Crippen LogP contribution in [0.5, 0.6) is 0 Å². The van der Waals surface area contributed by atoms with Crippen LogP contribution < -0.4 is 0 Å². The first kappa shape index (κ1) is 12.7. The molecule has 90 valence electrons. The lowest BCUT2D eigenvalue weighted by molar-refractivity contribution is 0.196. The summed E-state index contributed by atoms with van der Waals surface area (Å²) < 4.78 is 0. The van der Waals surface area contributed by atoms with E-state index in [9.17, 15) is 5.26 Å². The molecule has 1 saturated heterocycles. The summed E-state index contributed by atoms with van der Waals surface area (Å²) in [4.78, 5) is 2.16. The fourth-order valence-electron chi connectivity index (χ4n) is 2.28. The van der Waals surface area contributed by atoms with Crippen LogP contribution in [-0.4, -0.2) is 18.0 Å². The van der Waals surface area contributed by atoms with E-state index in [-0.39, 0.29) is 6.04 Å². The average molecular weight is 269 g/mol. The number of nitrogens with zero attached hydrogens (tertiary/aromatic N) is 2. The van der Waals surface area contributed by atoms with Crippen LogP contribution in [0.2, 0.25) is 10.0 Å². The molecule has 2 nitrogen and oxygen atoms in total. The van der Waals surface area contributed by atoms with Gasteiger partial charge in [0.2, 0.25) is 0 Å². The number of nitriles is 1. The van der Waals surface area contributed by atoms with E-state index in [4.69, 9.17) is 23.2 Å². The molecule has 1 unspecified atom stereocenters. The molecule has 1 heterocycles. The maximum Gasteiger partial charge on any atom is 0.126 e. The van der Waals surface area contributed by atoms with Crippen molar-refractivity contribution in [3.05, 3.63) is 33.8 Å². The number of piperidine rings is 1. The lowest BCUT2D eigenvalue weighted by Gasteiger charge is -2.31. The van der Waals surface area contributed by atoms with Crippen LogP contribution in [0.3, 0.4) is 0 Å². The highest BCUT2D eigenvalue weighted by atomic mass is 35.5. The van der Waals surface area contributed by atoms with Crippen molar-refractivity contribution in [2.75, 3.05) is 13.1 Å². The largest absolute Gasteiger partial charge is 0.284 e. The molecule has 0 radical (unpaired) electrons. The molecular weight excluding hydrogens is 255 g/mol. The first-order valence-corrected chi connectivity index (χ1v) is 6.57. The standard InChI is InChI=1S/C13H14Cl2N2/c14-10-5-4-6-11(15)13(10)12(9-16)17-7-2-1-3-8-17/h4-6,12H,1-3,7-8H2. The first-order chi connectivity index (χ1) is 8.24. The van der Waals surface area contributed by atoms with Gasteiger partial charge in [-0.25, -0.2) is 0 Å². The second-order valence-corrected chi connectivity index (χ2v) is 5.08. The third-order valence-electron chi connectivity index (χ3n) is 3.15. The van der Waals surface area contributed by atoms with Gasteiger partial charge in [-0.05, 0) is 38.1 Å². The molecule has 0 aromatic heterocycles. The zero-order valence-corrected chi connectivity index (χ0v) is 11.0. The minimum atomic E-state index is -0.323. The molecule has 1 aromatic rings. The van der Waals surface area contributed by atoms with Crippen LogP contribution in [0.1, 0.15) is 30.9 Å². The minimum Gasteiger partial charge on any atom is -0.284 e. The summed E-state index contributed by atoms with van der Waals surface area (Å²) in [6.45, 7) is 1.89. The second-order valence-electron chi connectivity index (χ2n) is 4.26. The summed E-state index contributed by atoms with van der Waals surface area (Å²) >= 11 is 12.3. The lowest BCUT2D eigenvalue weighted by atomic mass is 10.0. The minimum absolute atomic E-state index is 0.323. The van der Waals surface area contributed by atoms with Crippen LogP contribution in [0.15, 0.2) is 18.2 Å². The summed E-state index contributed by atoms with van der Waals surface area (Å²) in [6.07, 6.45) is 3.52. The molecule has 2 rings (SSSR count). The van der Waals surface area contributed by atoms with Crippen molar-refractivity contribution in [1.29, 1.82) is 5.26 Å². The molecule has 1 fully saturated rings. The van der Waals surface area contributed by atoms with Gasteiger partial charge in [0.15, 0.2) is 0 Å². The molecule has 1 atom stereocenters. The topological polar surface area (TPSA) is 27.0 Å². The fourth-order valence-corrected chi connectivity index (χ4v) is 2.88. The highest BCUT2D eigenvalue weighted by Gasteiger charge is 2.25. The van der Waals surface area contributed by atoms with Gasteiger partial charge in [-0.1, -0.05) is 35.7 Å². The van der Waals surface area contributed by atoms with Gasteiger partial charge >= 0.3 is 0 Å². The van der Waals surface area contributed by atoms with Crippen molar-refractivity contribution in [2.45, 2.75) is 25.3 Å². The molecule has 1 aliphatic heterocycles. The second kappa shape index (κ2) is 5.73. The van der Waals surface area contributed by atoms with Crippen molar-refractivity contribution in [1.82, 2.24) is 4.90 Å². The molecule has 1 aliphatic rings. The summed E-state index contributed by atoms with van der Waals surface area (Å²) in [5, 5.41) is 10.5. The third-order valence-corrected chi connectivity index (χ3v) is 3.81. The molecule has 1 aromatic carbocycles. The van der Waals surface area contributed by atoms with Crippen LogP contribution in [-0.2, 0) is 0 Å². The number of benzene rings is 1. The Balaban J connectivity index is 2.32. The average Bonchev–Trinajstić information content (AvgIpc) is 2.35. The maximum atomic E-state index is 9.37. The van der Waals surface area contributed by atoms with Crippen LogP contribution in [0, 0.1) is 11.3 Å². The summed E-state index contributed by atoms with van der Waals surface area (Å²) in [6, 6.07) is 7.39. The van der Waals surface area contributed by atoms with Gasteiger partial charge in [-0.15, -0.1) is 0 Å². The molecular formula is C13H14Cl2N2. The quantitative estimate of drug-likeness (QED) is 0.810. The highest BCUT2D eigenvalue weighted by molar-refractivity contribution is 6.36. The van der Waals surface area contributed by atoms with E-state index in [1.54, 1.807) is 18.2 Å². The number of halogens is 2. The Labute approximate surface area is 112 Å². The molecule has 17 heavy (non-hydrogen) atoms. The Bertz CT molecular complexity index is 413. The van der Waals surface area contributed by atoms with Gasteiger partial charge in [-0.2, -0.15) is 5.26 Å². The van der Waals surface area contributed by atoms with Crippen LogP contribution >= 0.6 is 23.2 Å². The Morgan fingerprint density at radius 2 is 1.71 bits per heavy atom. The van der Waals surface area contributed by atoms with E-state index < -0.39 is 0 Å². The van der Waals surface area contributed by atoms with Crippen molar-refractivity contribution in [2.24, 2.45) is 0 Å². The van der Waals surface area contributed by atoms with E-state index in [1.165, 1.54) is 6.42 Å². The number of rotatable bonds is 2. The normalized spacial score (nSPS) is 18.6. The molecule has 0 saturated carbocycles. The van der Waals surface area contributed by atoms with Crippen molar-refractivity contribution in [3.8, 4) is 6.07 Å².